The molecule has 1 saturated heterocycles. The first kappa shape index (κ1) is 6.22. The van der Waals surface area contributed by atoms with E-state index < -0.39 is 0 Å². The van der Waals surface area contributed by atoms with Crippen molar-refractivity contribution in [2.45, 2.75) is 18.6 Å². The van der Waals surface area contributed by atoms with Gasteiger partial charge in [-0.1, -0.05) is 12.1 Å². The smallest absolute Gasteiger partial charge is 0.110 e. The van der Waals surface area contributed by atoms with E-state index in [1.807, 2.05) is 12.1 Å². The molecule has 3 rings (SSSR count). The van der Waals surface area contributed by atoms with Crippen molar-refractivity contribution in [1.82, 2.24) is 0 Å². The Morgan fingerprint density at radius 1 is 1.50 bits per heavy atom. The summed E-state index contributed by atoms with van der Waals surface area (Å²) >= 11 is 0. The Balaban J connectivity index is 2.24. The summed E-state index contributed by atoms with van der Waals surface area (Å²) in [6.45, 7) is 0. The van der Waals surface area contributed by atoms with Gasteiger partial charge in [-0.15, -0.1) is 0 Å². The van der Waals surface area contributed by atoms with Crippen molar-refractivity contribution in [3.05, 3.63) is 34.9 Å². The molecular formula is C10H7NO. The highest BCUT2D eigenvalue weighted by Crippen LogP contribution is 2.49. The van der Waals surface area contributed by atoms with Crippen molar-refractivity contribution >= 4 is 0 Å². The molecule has 58 valence electrons. The van der Waals surface area contributed by atoms with Crippen LogP contribution in [0.5, 0.6) is 0 Å². The molecule has 2 unspecified atom stereocenters. The Morgan fingerprint density at radius 3 is 3.25 bits per heavy atom. The summed E-state index contributed by atoms with van der Waals surface area (Å²) < 4.78 is 5.37. The predicted molar refractivity (Wildman–Crippen MR) is 42.5 cm³/mol. The van der Waals surface area contributed by atoms with E-state index in [9.17, 15) is 0 Å². The van der Waals surface area contributed by atoms with E-state index in [0.717, 1.165) is 12.0 Å². The van der Waals surface area contributed by atoms with E-state index >= 15 is 0 Å². The lowest BCUT2D eigenvalue weighted by Crippen LogP contribution is -1.93. The van der Waals surface area contributed by atoms with Crippen molar-refractivity contribution < 1.29 is 4.74 Å². The van der Waals surface area contributed by atoms with E-state index in [1.54, 1.807) is 0 Å². The molecular weight excluding hydrogens is 150 g/mol. The van der Waals surface area contributed by atoms with Crippen LogP contribution >= 0.6 is 0 Å². The van der Waals surface area contributed by atoms with Crippen molar-refractivity contribution in [2.24, 2.45) is 0 Å². The number of hydrogen-bond donors (Lipinski definition) is 0. The average molecular weight is 157 g/mol. The summed E-state index contributed by atoms with van der Waals surface area (Å²) in [4.78, 5) is 0. The maximum Gasteiger partial charge on any atom is 0.110 e. The molecule has 1 aromatic carbocycles. The number of benzene rings is 1. The van der Waals surface area contributed by atoms with E-state index in [0.29, 0.717) is 12.2 Å². The molecule has 12 heavy (non-hydrogen) atoms. The lowest BCUT2D eigenvalue weighted by Gasteiger charge is -2.02. The van der Waals surface area contributed by atoms with Gasteiger partial charge in [-0.05, 0) is 17.2 Å². The molecule has 1 aromatic rings. The quantitative estimate of drug-likeness (QED) is 0.536. The van der Waals surface area contributed by atoms with Gasteiger partial charge in [0.05, 0.1) is 17.7 Å². The molecule has 0 amide bonds. The maximum atomic E-state index is 8.81. The number of nitrogens with zero attached hydrogens (tertiary/aromatic N) is 1. The first-order valence-corrected chi connectivity index (χ1v) is 4.07. The standard InChI is InChI=1S/C10H7NO/c11-5-6-2-1-3-7-8(6)4-9-10(7)12-9/h1-3,9-10H,4H2. The van der Waals surface area contributed by atoms with E-state index in [4.69, 9.17) is 10.00 Å². The van der Waals surface area contributed by atoms with Gasteiger partial charge in [0.1, 0.15) is 6.10 Å². The Labute approximate surface area is 70.4 Å². The second kappa shape index (κ2) is 1.88. The van der Waals surface area contributed by atoms with Crippen molar-refractivity contribution in [3.63, 3.8) is 0 Å². The number of ether oxygens (including phenoxy) is 1. The predicted octanol–water partition coefficient (Wildman–Crippen LogP) is 1.55. The van der Waals surface area contributed by atoms with Gasteiger partial charge in [0.25, 0.3) is 0 Å². The third kappa shape index (κ3) is 0.621. The van der Waals surface area contributed by atoms with Crippen molar-refractivity contribution in [3.8, 4) is 6.07 Å². The summed E-state index contributed by atoms with van der Waals surface area (Å²) in [5.41, 5.74) is 3.27. The highest BCUT2D eigenvalue weighted by Gasteiger charge is 2.47. The first-order chi connectivity index (χ1) is 5.90. The Kier molecular flexibility index (Phi) is 0.973. The highest BCUT2D eigenvalue weighted by molar-refractivity contribution is 5.49. The van der Waals surface area contributed by atoms with Crippen LogP contribution in [0.2, 0.25) is 0 Å². The minimum atomic E-state index is 0.313. The van der Waals surface area contributed by atoms with Gasteiger partial charge in [-0.2, -0.15) is 5.26 Å². The molecule has 2 heteroatoms. The summed E-state index contributed by atoms with van der Waals surface area (Å²) in [5.74, 6) is 0. The van der Waals surface area contributed by atoms with Crippen LogP contribution in [0, 0.1) is 11.3 Å². The van der Waals surface area contributed by atoms with E-state index in [-0.39, 0.29) is 0 Å². The van der Waals surface area contributed by atoms with E-state index in [1.165, 1.54) is 11.1 Å². The number of hydrogen-bond acceptors (Lipinski definition) is 2. The first-order valence-electron chi connectivity index (χ1n) is 4.07. The Morgan fingerprint density at radius 2 is 2.42 bits per heavy atom. The second-order valence-corrected chi connectivity index (χ2v) is 3.28. The molecule has 1 aliphatic heterocycles. The van der Waals surface area contributed by atoms with Gasteiger partial charge in [-0.3, -0.25) is 0 Å². The molecule has 0 N–H and O–H groups in total. The van der Waals surface area contributed by atoms with Crippen LogP contribution in [0.25, 0.3) is 0 Å². The summed E-state index contributed by atoms with van der Waals surface area (Å²) in [7, 11) is 0. The topological polar surface area (TPSA) is 36.3 Å². The minimum absolute atomic E-state index is 0.313. The zero-order valence-corrected chi connectivity index (χ0v) is 6.45. The van der Waals surface area contributed by atoms with Crippen LogP contribution in [0.15, 0.2) is 18.2 Å². The summed E-state index contributed by atoms with van der Waals surface area (Å²) in [6.07, 6.45) is 1.63. The van der Waals surface area contributed by atoms with Crippen LogP contribution in [0.4, 0.5) is 0 Å². The zero-order valence-electron chi connectivity index (χ0n) is 6.45. The molecule has 1 fully saturated rings. The lowest BCUT2D eigenvalue weighted by molar-refractivity contribution is 0.361. The van der Waals surface area contributed by atoms with Gasteiger partial charge >= 0.3 is 0 Å². The van der Waals surface area contributed by atoms with Gasteiger partial charge in [-0.25, -0.2) is 0 Å². The number of fused-ring (bicyclic) bond motifs is 3. The maximum absolute atomic E-state index is 8.81. The van der Waals surface area contributed by atoms with Crippen molar-refractivity contribution in [1.29, 1.82) is 5.26 Å². The number of rotatable bonds is 0. The third-order valence-electron chi connectivity index (χ3n) is 2.63. The fourth-order valence-corrected chi connectivity index (χ4v) is 1.98. The lowest BCUT2D eigenvalue weighted by atomic mass is 10.0. The average Bonchev–Trinajstić information content (AvgIpc) is 2.78. The van der Waals surface area contributed by atoms with Crippen LogP contribution in [0.1, 0.15) is 22.8 Å². The molecule has 1 heterocycles. The van der Waals surface area contributed by atoms with Crippen LogP contribution in [0.3, 0.4) is 0 Å². The summed E-state index contributed by atoms with van der Waals surface area (Å²) in [6, 6.07) is 8.09. The third-order valence-corrected chi connectivity index (χ3v) is 2.63. The largest absolute Gasteiger partial charge is 0.364 e. The molecule has 0 bridgehead atoms. The molecule has 0 spiro atoms. The Bertz CT molecular complexity index is 391. The van der Waals surface area contributed by atoms with Gasteiger partial charge in [0.15, 0.2) is 0 Å². The molecule has 0 aromatic heterocycles. The fraction of sp³-hybridized carbons (Fsp3) is 0.300. The van der Waals surface area contributed by atoms with Crippen LogP contribution in [-0.2, 0) is 11.2 Å². The molecule has 1 aliphatic carbocycles. The SMILES string of the molecule is N#Cc1cccc2c1CC1OC21. The van der Waals surface area contributed by atoms with Crippen LogP contribution in [-0.4, -0.2) is 6.10 Å². The Hall–Kier alpha value is -1.33. The molecule has 2 nitrogen and oxygen atoms in total. The second-order valence-electron chi connectivity index (χ2n) is 3.28. The highest BCUT2D eigenvalue weighted by atomic mass is 16.6. The minimum Gasteiger partial charge on any atom is -0.364 e. The van der Waals surface area contributed by atoms with E-state index in [2.05, 4.69) is 12.1 Å². The van der Waals surface area contributed by atoms with Gasteiger partial charge in [0.2, 0.25) is 0 Å². The van der Waals surface area contributed by atoms with Gasteiger partial charge in [0, 0.05) is 6.42 Å². The van der Waals surface area contributed by atoms with Gasteiger partial charge < -0.3 is 4.74 Å². The zero-order chi connectivity index (χ0) is 8.13. The van der Waals surface area contributed by atoms with Crippen LogP contribution < -0.4 is 0 Å². The number of nitriles is 1. The molecule has 2 atom stereocenters. The summed E-state index contributed by atoms with van der Waals surface area (Å²) in [5, 5.41) is 8.81. The van der Waals surface area contributed by atoms with Crippen molar-refractivity contribution in [2.75, 3.05) is 0 Å². The fourth-order valence-electron chi connectivity index (χ4n) is 1.98. The molecule has 0 saturated carbocycles. The molecule has 0 radical (unpaired) electrons. The number of epoxide rings is 1. The normalized spacial score (nSPS) is 28.9. The monoisotopic (exact) mass is 157 g/mol. The molecule has 2 aliphatic rings.